The second kappa shape index (κ2) is 9.38. The lowest BCUT2D eigenvalue weighted by molar-refractivity contribution is 0.0991. The first-order valence-electron chi connectivity index (χ1n) is 9.74. The van der Waals surface area contributed by atoms with Crippen molar-refractivity contribution in [2.24, 2.45) is 0 Å². The minimum absolute atomic E-state index is 0.0217. The summed E-state index contributed by atoms with van der Waals surface area (Å²) in [5, 5.41) is 0. The molecule has 0 atom stereocenters. The number of Topliss-reactive ketones (excluding diaryl/α,β-unsaturated/α-hetero) is 1. The van der Waals surface area contributed by atoms with Crippen molar-refractivity contribution in [2.75, 3.05) is 0 Å². The number of hydrogen-bond acceptors (Lipinski definition) is 3. The number of carbonyl (C=O) groups excluding carboxylic acids is 2. The van der Waals surface area contributed by atoms with Crippen LogP contribution in [0.25, 0.3) is 0 Å². The van der Waals surface area contributed by atoms with Crippen LogP contribution in [0.1, 0.15) is 31.8 Å². The standard InChI is InChI=1S/C27H20O2S/c28-26(19-20-7-3-1-4-8-20)21-11-15-24(16-12-21)30-25-17-13-23(14-18-25)27(29)22-9-5-2-6-10-22/h1-18H,19H2. The van der Waals surface area contributed by atoms with Crippen molar-refractivity contribution in [3.05, 3.63) is 131 Å². The smallest absolute Gasteiger partial charge is 0.193 e. The molecule has 0 aromatic heterocycles. The average Bonchev–Trinajstić information content (AvgIpc) is 2.81. The van der Waals surface area contributed by atoms with Gasteiger partial charge in [-0.15, -0.1) is 0 Å². The summed E-state index contributed by atoms with van der Waals surface area (Å²) < 4.78 is 0. The SMILES string of the molecule is O=C(Cc1ccccc1)c1ccc(Sc2ccc(C(=O)c3ccccc3)cc2)cc1. The van der Waals surface area contributed by atoms with Crippen molar-refractivity contribution in [3.63, 3.8) is 0 Å². The van der Waals surface area contributed by atoms with E-state index in [-0.39, 0.29) is 11.6 Å². The maximum Gasteiger partial charge on any atom is 0.193 e. The van der Waals surface area contributed by atoms with Gasteiger partial charge in [-0.3, -0.25) is 9.59 Å². The van der Waals surface area contributed by atoms with Crippen molar-refractivity contribution in [2.45, 2.75) is 16.2 Å². The molecule has 4 aromatic carbocycles. The maximum atomic E-state index is 12.5. The van der Waals surface area contributed by atoms with Crippen LogP contribution in [0.15, 0.2) is 119 Å². The van der Waals surface area contributed by atoms with Crippen molar-refractivity contribution in [1.82, 2.24) is 0 Å². The molecule has 0 amide bonds. The van der Waals surface area contributed by atoms with Crippen molar-refractivity contribution >= 4 is 23.3 Å². The Bertz CT molecular complexity index is 1130. The molecule has 4 aromatic rings. The molecule has 0 spiro atoms. The van der Waals surface area contributed by atoms with Crippen molar-refractivity contribution < 1.29 is 9.59 Å². The van der Waals surface area contributed by atoms with Crippen LogP contribution >= 0.6 is 11.8 Å². The molecule has 2 nitrogen and oxygen atoms in total. The third kappa shape index (κ3) is 4.94. The van der Waals surface area contributed by atoms with Crippen LogP contribution < -0.4 is 0 Å². The summed E-state index contributed by atoms with van der Waals surface area (Å²) in [7, 11) is 0. The van der Waals surface area contributed by atoms with E-state index in [1.54, 1.807) is 11.8 Å². The molecule has 146 valence electrons. The summed E-state index contributed by atoms with van der Waals surface area (Å²) in [5.74, 6) is 0.134. The third-order valence-electron chi connectivity index (χ3n) is 4.77. The Hall–Kier alpha value is -3.43. The summed E-state index contributed by atoms with van der Waals surface area (Å²) in [4.78, 5) is 27.1. The van der Waals surface area contributed by atoms with E-state index in [0.29, 0.717) is 23.1 Å². The molecule has 0 saturated heterocycles. The molecule has 30 heavy (non-hydrogen) atoms. The molecule has 0 aliphatic rings. The first-order chi connectivity index (χ1) is 14.7. The highest BCUT2D eigenvalue weighted by atomic mass is 32.2. The van der Waals surface area contributed by atoms with E-state index in [1.165, 1.54) is 0 Å². The fourth-order valence-electron chi connectivity index (χ4n) is 3.16. The number of benzene rings is 4. The zero-order valence-corrected chi connectivity index (χ0v) is 17.1. The van der Waals surface area contributed by atoms with E-state index in [0.717, 1.165) is 15.4 Å². The van der Waals surface area contributed by atoms with E-state index in [4.69, 9.17) is 0 Å². The highest BCUT2D eigenvalue weighted by Crippen LogP contribution is 2.28. The van der Waals surface area contributed by atoms with Gasteiger partial charge in [-0.25, -0.2) is 0 Å². The number of hydrogen-bond donors (Lipinski definition) is 0. The van der Waals surface area contributed by atoms with Gasteiger partial charge in [0.2, 0.25) is 0 Å². The van der Waals surface area contributed by atoms with E-state index in [2.05, 4.69) is 0 Å². The quantitative estimate of drug-likeness (QED) is 0.328. The Balaban J connectivity index is 1.40. The molecule has 0 N–H and O–H groups in total. The normalized spacial score (nSPS) is 10.5. The van der Waals surface area contributed by atoms with Crippen LogP contribution in [0, 0.1) is 0 Å². The molecule has 0 aliphatic carbocycles. The lowest BCUT2D eigenvalue weighted by Crippen LogP contribution is -2.03. The van der Waals surface area contributed by atoms with Crippen LogP contribution in [0.4, 0.5) is 0 Å². The molecule has 0 saturated carbocycles. The molecule has 4 rings (SSSR count). The fraction of sp³-hybridized carbons (Fsp3) is 0.0370. The van der Waals surface area contributed by atoms with E-state index >= 15 is 0 Å². The van der Waals surface area contributed by atoms with Gasteiger partial charge in [0.25, 0.3) is 0 Å². The zero-order valence-electron chi connectivity index (χ0n) is 16.3. The lowest BCUT2D eigenvalue weighted by Gasteiger charge is -2.06. The molecule has 0 fully saturated rings. The molecular formula is C27H20O2S. The Morgan fingerprint density at radius 2 is 1.00 bits per heavy atom. The predicted octanol–water partition coefficient (Wildman–Crippen LogP) is 6.49. The van der Waals surface area contributed by atoms with Crippen LogP contribution in [0.2, 0.25) is 0 Å². The van der Waals surface area contributed by atoms with Crippen LogP contribution in [0.5, 0.6) is 0 Å². The minimum atomic E-state index is 0.0217. The number of carbonyl (C=O) groups is 2. The monoisotopic (exact) mass is 408 g/mol. The fourth-order valence-corrected chi connectivity index (χ4v) is 3.98. The molecule has 0 bridgehead atoms. The zero-order chi connectivity index (χ0) is 20.8. The number of ketones is 2. The van der Waals surface area contributed by atoms with Gasteiger partial charge < -0.3 is 0 Å². The highest BCUT2D eigenvalue weighted by Gasteiger charge is 2.09. The molecule has 0 unspecified atom stereocenters. The molecule has 3 heteroatoms. The summed E-state index contributed by atoms with van der Waals surface area (Å²) in [5.41, 5.74) is 3.10. The first-order valence-corrected chi connectivity index (χ1v) is 10.6. The second-order valence-corrected chi connectivity index (χ2v) is 8.08. The third-order valence-corrected chi connectivity index (χ3v) is 5.79. The van der Waals surface area contributed by atoms with Crippen LogP contribution in [-0.4, -0.2) is 11.6 Å². The van der Waals surface area contributed by atoms with Gasteiger partial charge in [-0.05, 0) is 42.0 Å². The van der Waals surface area contributed by atoms with Gasteiger partial charge in [0.15, 0.2) is 11.6 Å². The summed E-state index contributed by atoms with van der Waals surface area (Å²) in [6, 6.07) is 34.4. The van der Waals surface area contributed by atoms with Crippen LogP contribution in [0.3, 0.4) is 0 Å². The lowest BCUT2D eigenvalue weighted by atomic mass is 10.0. The van der Waals surface area contributed by atoms with E-state index < -0.39 is 0 Å². The van der Waals surface area contributed by atoms with Gasteiger partial charge in [0, 0.05) is 32.9 Å². The Morgan fingerprint density at radius 3 is 1.57 bits per heavy atom. The Kier molecular flexibility index (Phi) is 6.21. The second-order valence-electron chi connectivity index (χ2n) is 6.93. The molecule has 0 heterocycles. The topological polar surface area (TPSA) is 34.1 Å². The largest absolute Gasteiger partial charge is 0.294 e. The van der Waals surface area contributed by atoms with Crippen molar-refractivity contribution in [1.29, 1.82) is 0 Å². The van der Waals surface area contributed by atoms with Gasteiger partial charge in [0.05, 0.1) is 0 Å². The van der Waals surface area contributed by atoms with E-state index in [9.17, 15) is 9.59 Å². The molecular weight excluding hydrogens is 388 g/mol. The van der Waals surface area contributed by atoms with Gasteiger partial charge >= 0.3 is 0 Å². The highest BCUT2D eigenvalue weighted by molar-refractivity contribution is 7.99. The van der Waals surface area contributed by atoms with Gasteiger partial charge in [-0.1, -0.05) is 84.6 Å². The Labute approximate surface area is 180 Å². The Morgan fingerprint density at radius 1 is 0.533 bits per heavy atom. The molecule has 0 aliphatic heterocycles. The summed E-state index contributed by atoms with van der Waals surface area (Å²) in [6.07, 6.45) is 0.407. The van der Waals surface area contributed by atoms with E-state index in [1.807, 2.05) is 109 Å². The van der Waals surface area contributed by atoms with Gasteiger partial charge in [-0.2, -0.15) is 0 Å². The predicted molar refractivity (Wildman–Crippen MR) is 121 cm³/mol. The molecule has 0 radical (unpaired) electrons. The van der Waals surface area contributed by atoms with Crippen molar-refractivity contribution in [3.8, 4) is 0 Å². The summed E-state index contributed by atoms with van der Waals surface area (Å²) in [6.45, 7) is 0. The summed E-state index contributed by atoms with van der Waals surface area (Å²) >= 11 is 1.61. The number of rotatable bonds is 7. The maximum absolute atomic E-state index is 12.5. The first kappa shape index (κ1) is 19.9. The van der Waals surface area contributed by atoms with Crippen LogP contribution in [-0.2, 0) is 6.42 Å². The minimum Gasteiger partial charge on any atom is -0.294 e. The average molecular weight is 409 g/mol. The van der Waals surface area contributed by atoms with Gasteiger partial charge in [0.1, 0.15) is 0 Å².